The summed E-state index contributed by atoms with van der Waals surface area (Å²) >= 11 is 0. The van der Waals surface area contributed by atoms with E-state index in [1.165, 1.54) is 11.1 Å². The van der Waals surface area contributed by atoms with Crippen LogP contribution in [-0.2, 0) is 0 Å². The van der Waals surface area contributed by atoms with Gasteiger partial charge in [-0.1, -0.05) is 60.7 Å². The van der Waals surface area contributed by atoms with Gasteiger partial charge in [0.1, 0.15) is 0 Å². The molecule has 0 spiro atoms. The van der Waals surface area contributed by atoms with Gasteiger partial charge in [0.05, 0.1) is 6.10 Å². The van der Waals surface area contributed by atoms with E-state index in [9.17, 15) is 5.11 Å². The predicted molar refractivity (Wildman–Crippen MR) is 78.2 cm³/mol. The number of rotatable bonds is 2. The third-order valence-corrected chi connectivity index (χ3v) is 4.22. The Bertz CT molecular complexity index is 458. The molecule has 1 N–H and O–H groups in total. The van der Waals surface area contributed by atoms with Crippen LogP contribution in [0.2, 0.25) is 0 Å². The van der Waals surface area contributed by atoms with Crippen LogP contribution in [-0.4, -0.2) is 11.2 Å². The lowest BCUT2D eigenvalue weighted by Gasteiger charge is -2.33. The molecule has 3 atom stereocenters. The molecule has 98 valence electrons. The maximum atomic E-state index is 10.2. The van der Waals surface area contributed by atoms with Gasteiger partial charge < -0.3 is 5.11 Å². The maximum absolute atomic E-state index is 10.2. The molecule has 1 saturated carbocycles. The van der Waals surface area contributed by atoms with Crippen molar-refractivity contribution in [3.8, 4) is 0 Å². The van der Waals surface area contributed by atoms with E-state index < -0.39 is 0 Å². The fourth-order valence-electron chi connectivity index (χ4n) is 3.28. The normalized spacial score (nSPS) is 27.1. The number of aliphatic hydroxyl groups is 1. The van der Waals surface area contributed by atoms with Gasteiger partial charge in [0, 0.05) is 0 Å². The van der Waals surface area contributed by atoms with Crippen molar-refractivity contribution in [2.75, 3.05) is 0 Å². The van der Waals surface area contributed by atoms with E-state index in [0.717, 1.165) is 19.3 Å². The van der Waals surface area contributed by atoms with Gasteiger partial charge in [-0.25, -0.2) is 0 Å². The van der Waals surface area contributed by atoms with Gasteiger partial charge in [0.25, 0.3) is 0 Å². The third kappa shape index (κ3) is 2.87. The highest BCUT2D eigenvalue weighted by Gasteiger charge is 2.29. The Balaban J connectivity index is 1.82. The lowest BCUT2D eigenvalue weighted by atomic mass is 9.74. The molecule has 0 saturated heterocycles. The number of hydrogen-bond donors (Lipinski definition) is 1. The molecule has 1 heteroatoms. The zero-order chi connectivity index (χ0) is 13.1. The number of aliphatic hydroxyl groups excluding tert-OH is 1. The van der Waals surface area contributed by atoms with Crippen LogP contribution in [0.15, 0.2) is 60.7 Å². The molecule has 0 radical (unpaired) electrons. The van der Waals surface area contributed by atoms with E-state index in [1.807, 2.05) is 0 Å². The molecule has 2 aromatic carbocycles. The molecule has 0 aliphatic heterocycles. The Morgan fingerprint density at radius 1 is 0.632 bits per heavy atom. The first-order valence-electron chi connectivity index (χ1n) is 7.11. The van der Waals surface area contributed by atoms with Crippen LogP contribution in [0.4, 0.5) is 0 Å². The van der Waals surface area contributed by atoms with Gasteiger partial charge in [-0.15, -0.1) is 0 Å². The van der Waals surface area contributed by atoms with Crippen LogP contribution in [0.25, 0.3) is 0 Å². The molecule has 1 aliphatic rings. The quantitative estimate of drug-likeness (QED) is 0.853. The Morgan fingerprint density at radius 3 is 1.47 bits per heavy atom. The number of hydrogen-bond acceptors (Lipinski definition) is 1. The second-order valence-corrected chi connectivity index (χ2v) is 5.58. The SMILES string of the molecule is OC1C[C@@H](c2ccccc2)C[C@@H](c2ccccc2)C1. The summed E-state index contributed by atoms with van der Waals surface area (Å²) < 4.78 is 0. The highest BCUT2D eigenvalue weighted by Crippen LogP contribution is 2.41. The fourth-order valence-corrected chi connectivity index (χ4v) is 3.28. The first-order valence-corrected chi connectivity index (χ1v) is 7.11. The molecule has 0 bridgehead atoms. The number of benzene rings is 2. The Hall–Kier alpha value is -1.60. The molecular weight excluding hydrogens is 232 g/mol. The average Bonchev–Trinajstić information content (AvgIpc) is 2.48. The van der Waals surface area contributed by atoms with Crippen molar-refractivity contribution in [1.29, 1.82) is 0 Å². The smallest absolute Gasteiger partial charge is 0.0552 e. The zero-order valence-electron chi connectivity index (χ0n) is 11.1. The van der Waals surface area contributed by atoms with Crippen LogP contribution < -0.4 is 0 Å². The van der Waals surface area contributed by atoms with Gasteiger partial charge in [-0.3, -0.25) is 0 Å². The highest BCUT2D eigenvalue weighted by atomic mass is 16.3. The second kappa shape index (κ2) is 5.58. The summed E-state index contributed by atoms with van der Waals surface area (Å²) in [6.07, 6.45) is 2.76. The second-order valence-electron chi connectivity index (χ2n) is 5.58. The molecule has 19 heavy (non-hydrogen) atoms. The first-order chi connectivity index (χ1) is 9.33. The van der Waals surface area contributed by atoms with Crippen molar-refractivity contribution in [2.24, 2.45) is 0 Å². The molecule has 1 fully saturated rings. The van der Waals surface area contributed by atoms with Crippen molar-refractivity contribution >= 4 is 0 Å². The van der Waals surface area contributed by atoms with Crippen LogP contribution in [0.1, 0.15) is 42.2 Å². The zero-order valence-corrected chi connectivity index (χ0v) is 11.1. The Labute approximate surface area is 114 Å². The topological polar surface area (TPSA) is 20.2 Å². The molecule has 0 aromatic heterocycles. The lowest BCUT2D eigenvalue weighted by Crippen LogP contribution is -2.24. The summed E-state index contributed by atoms with van der Waals surface area (Å²) in [7, 11) is 0. The molecule has 1 aliphatic carbocycles. The van der Waals surface area contributed by atoms with Gasteiger partial charge in [0.2, 0.25) is 0 Å². The molecule has 1 unspecified atom stereocenters. The largest absolute Gasteiger partial charge is 0.393 e. The summed E-state index contributed by atoms with van der Waals surface area (Å²) in [5.41, 5.74) is 2.73. The van der Waals surface area contributed by atoms with Crippen molar-refractivity contribution in [2.45, 2.75) is 37.2 Å². The van der Waals surface area contributed by atoms with Crippen LogP contribution in [0, 0.1) is 0 Å². The van der Waals surface area contributed by atoms with Crippen molar-refractivity contribution in [3.63, 3.8) is 0 Å². The van der Waals surface area contributed by atoms with Crippen molar-refractivity contribution in [1.82, 2.24) is 0 Å². The fraction of sp³-hybridized carbons (Fsp3) is 0.333. The van der Waals surface area contributed by atoms with Crippen molar-refractivity contribution in [3.05, 3.63) is 71.8 Å². The Morgan fingerprint density at radius 2 is 1.05 bits per heavy atom. The minimum Gasteiger partial charge on any atom is -0.393 e. The van der Waals surface area contributed by atoms with E-state index in [1.54, 1.807) is 0 Å². The summed E-state index contributed by atoms with van der Waals surface area (Å²) in [5.74, 6) is 0.963. The van der Waals surface area contributed by atoms with E-state index in [2.05, 4.69) is 60.7 Å². The van der Waals surface area contributed by atoms with Gasteiger partial charge >= 0.3 is 0 Å². The predicted octanol–water partition coefficient (Wildman–Crippen LogP) is 4.10. The minimum absolute atomic E-state index is 0.177. The summed E-state index contributed by atoms with van der Waals surface area (Å²) in [5, 5.41) is 10.2. The van der Waals surface area contributed by atoms with Gasteiger partial charge in [0.15, 0.2) is 0 Å². The van der Waals surface area contributed by atoms with E-state index in [-0.39, 0.29) is 6.10 Å². The molecule has 3 rings (SSSR count). The van der Waals surface area contributed by atoms with E-state index in [4.69, 9.17) is 0 Å². The monoisotopic (exact) mass is 252 g/mol. The summed E-state index contributed by atoms with van der Waals surface area (Å²) in [6.45, 7) is 0. The minimum atomic E-state index is -0.177. The van der Waals surface area contributed by atoms with E-state index >= 15 is 0 Å². The van der Waals surface area contributed by atoms with E-state index in [0.29, 0.717) is 11.8 Å². The first kappa shape index (κ1) is 12.4. The molecule has 1 nitrogen and oxygen atoms in total. The molecule has 0 amide bonds. The third-order valence-electron chi connectivity index (χ3n) is 4.22. The van der Waals surface area contributed by atoms with Crippen LogP contribution in [0.5, 0.6) is 0 Å². The van der Waals surface area contributed by atoms with Crippen molar-refractivity contribution < 1.29 is 5.11 Å². The maximum Gasteiger partial charge on any atom is 0.0552 e. The average molecular weight is 252 g/mol. The Kier molecular flexibility index (Phi) is 3.65. The molecule has 2 aromatic rings. The summed E-state index contributed by atoms with van der Waals surface area (Å²) in [4.78, 5) is 0. The highest BCUT2D eigenvalue weighted by molar-refractivity contribution is 5.25. The lowest BCUT2D eigenvalue weighted by molar-refractivity contribution is 0.108. The molecule has 0 heterocycles. The standard InChI is InChI=1S/C18H20O/c19-18-12-16(14-7-3-1-4-8-14)11-17(13-18)15-9-5-2-6-10-15/h1-10,16-19H,11-13H2/t16-,17+,18?. The van der Waals surface area contributed by atoms with Crippen LogP contribution in [0.3, 0.4) is 0 Å². The van der Waals surface area contributed by atoms with Crippen LogP contribution >= 0.6 is 0 Å². The summed E-state index contributed by atoms with van der Waals surface area (Å²) in [6, 6.07) is 21.2. The van der Waals surface area contributed by atoms with Gasteiger partial charge in [-0.2, -0.15) is 0 Å². The van der Waals surface area contributed by atoms with Gasteiger partial charge in [-0.05, 0) is 42.2 Å². The molecular formula is C18H20O.